The minimum Gasteiger partial charge on any atom is -0.493 e. The van der Waals surface area contributed by atoms with Gasteiger partial charge in [-0.15, -0.1) is 0 Å². The number of hydrogen-bond acceptors (Lipinski definition) is 8. The molecule has 0 aromatic heterocycles. The first kappa shape index (κ1) is 24.6. The molecule has 1 fully saturated rings. The van der Waals surface area contributed by atoms with E-state index in [0.717, 1.165) is 6.07 Å². The molecule has 0 spiro atoms. The third kappa shape index (κ3) is 5.47. The van der Waals surface area contributed by atoms with Crippen LogP contribution in [0.1, 0.15) is 11.1 Å². The average molecular weight is 475 g/mol. The van der Waals surface area contributed by atoms with Gasteiger partial charge in [-0.1, -0.05) is 12.1 Å². The average Bonchev–Trinajstić information content (AvgIpc) is 2.79. The predicted octanol–water partition coefficient (Wildman–Crippen LogP) is 0.582. The van der Waals surface area contributed by atoms with E-state index in [4.69, 9.17) is 15.1 Å². The number of halogens is 1. The lowest BCUT2D eigenvalue weighted by Crippen LogP contribution is -2.64. The van der Waals surface area contributed by atoms with Crippen LogP contribution in [0.15, 0.2) is 47.4 Å². The number of rotatable bonds is 10. The van der Waals surface area contributed by atoms with Gasteiger partial charge in [0.25, 0.3) is 0 Å². The number of sulfonamides is 1. The minimum absolute atomic E-state index is 0.0342. The second-order valence-corrected chi connectivity index (χ2v) is 9.80. The zero-order valence-corrected chi connectivity index (χ0v) is 18.4. The first-order valence-electron chi connectivity index (χ1n) is 10.1. The second-order valence-electron chi connectivity index (χ2n) is 7.89. The van der Waals surface area contributed by atoms with Crippen molar-refractivity contribution in [1.82, 2.24) is 9.62 Å². The van der Waals surface area contributed by atoms with Crippen molar-refractivity contribution in [2.75, 3.05) is 39.4 Å². The molecule has 0 bridgehead atoms. The van der Waals surface area contributed by atoms with Crippen molar-refractivity contribution >= 4 is 10.0 Å². The number of nitriles is 2. The lowest BCUT2D eigenvalue weighted by molar-refractivity contribution is 0.0146. The van der Waals surface area contributed by atoms with Gasteiger partial charge in [-0.05, 0) is 24.3 Å². The molecule has 1 saturated heterocycles. The summed E-state index contributed by atoms with van der Waals surface area (Å²) in [6.07, 6.45) is -0.974. The van der Waals surface area contributed by atoms with Crippen LogP contribution in [0.4, 0.5) is 4.39 Å². The molecule has 2 aromatic rings. The van der Waals surface area contributed by atoms with Crippen molar-refractivity contribution in [3.8, 4) is 17.9 Å². The molecule has 1 unspecified atom stereocenters. The Morgan fingerprint density at radius 2 is 1.88 bits per heavy atom. The maximum Gasteiger partial charge on any atom is 0.244 e. The smallest absolute Gasteiger partial charge is 0.244 e. The Hall–Kier alpha value is -3.06. The largest absolute Gasteiger partial charge is 0.493 e. The number of aliphatic hydroxyl groups excluding tert-OH is 2. The second kappa shape index (κ2) is 10.3. The van der Waals surface area contributed by atoms with Crippen LogP contribution < -0.4 is 10.1 Å². The zero-order chi connectivity index (χ0) is 24.1. The summed E-state index contributed by atoms with van der Waals surface area (Å²) in [6.45, 7) is 0.0909. The summed E-state index contributed by atoms with van der Waals surface area (Å²) in [5.41, 5.74) is -0.772. The van der Waals surface area contributed by atoms with Crippen LogP contribution in [-0.2, 0) is 10.0 Å². The van der Waals surface area contributed by atoms with Crippen LogP contribution in [0.5, 0.6) is 5.75 Å². The molecular weight excluding hydrogens is 451 g/mol. The number of benzene rings is 2. The molecule has 9 nitrogen and oxygen atoms in total. The van der Waals surface area contributed by atoms with Crippen LogP contribution in [-0.4, -0.2) is 68.4 Å². The number of aliphatic hydroxyl groups is 2. The Labute approximate surface area is 191 Å². The predicted molar refractivity (Wildman–Crippen MR) is 115 cm³/mol. The Kier molecular flexibility index (Phi) is 7.64. The van der Waals surface area contributed by atoms with Crippen LogP contribution in [0.3, 0.4) is 0 Å². The highest BCUT2D eigenvalue weighted by Gasteiger charge is 2.49. The summed E-state index contributed by atoms with van der Waals surface area (Å²) < 4.78 is 47.0. The number of hydrogen-bond donors (Lipinski definition) is 3. The van der Waals surface area contributed by atoms with Gasteiger partial charge in [0.1, 0.15) is 23.7 Å². The van der Waals surface area contributed by atoms with Gasteiger partial charge in [0, 0.05) is 37.7 Å². The summed E-state index contributed by atoms with van der Waals surface area (Å²) in [6, 6.07) is 13.4. The fourth-order valence-electron chi connectivity index (χ4n) is 3.53. The topological polar surface area (TPSA) is 147 Å². The Bertz CT molecular complexity index is 1190. The maximum atomic E-state index is 13.9. The third-order valence-corrected chi connectivity index (χ3v) is 7.20. The van der Waals surface area contributed by atoms with Gasteiger partial charge in [0.05, 0.1) is 35.3 Å². The first-order chi connectivity index (χ1) is 15.7. The highest BCUT2D eigenvalue weighted by atomic mass is 32.2. The standard InChI is InChI=1S/C22H23FN4O5S/c23-20-7-19(6-5-16(20)8-24)32-15-22(12-26-10-18(29)11-28)13-27(14-22)33(30,31)21-4-2-1-3-17(21)9-25/h1-7,18,26,28-29H,10-15H2. The Balaban J connectivity index is 1.75. The molecule has 3 N–H and O–H groups in total. The van der Waals surface area contributed by atoms with Crippen LogP contribution in [0.25, 0.3) is 0 Å². The molecule has 33 heavy (non-hydrogen) atoms. The van der Waals surface area contributed by atoms with Gasteiger partial charge in [0.15, 0.2) is 0 Å². The Morgan fingerprint density at radius 3 is 2.52 bits per heavy atom. The van der Waals surface area contributed by atoms with Gasteiger partial charge in [-0.3, -0.25) is 0 Å². The molecule has 0 amide bonds. The van der Waals surface area contributed by atoms with Crippen molar-refractivity contribution in [3.05, 3.63) is 59.4 Å². The van der Waals surface area contributed by atoms with E-state index in [2.05, 4.69) is 5.32 Å². The summed E-state index contributed by atoms with van der Waals surface area (Å²) in [5, 5.41) is 39.7. The molecule has 174 valence electrons. The summed E-state index contributed by atoms with van der Waals surface area (Å²) in [4.78, 5) is -0.0835. The van der Waals surface area contributed by atoms with Crippen molar-refractivity contribution in [3.63, 3.8) is 0 Å². The molecule has 3 rings (SSSR count). The number of nitrogens with zero attached hydrogens (tertiary/aromatic N) is 3. The van der Waals surface area contributed by atoms with Gasteiger partial charge in [0.2, 0.25) is 10.0 Å². The number of ether oxygens (including phenoxy) is 1. The fraction of sp³-hybridized carbons (Fsp3) is 0.364. The lowest BCUT2D eigenvalue weighted by atomic mass is 9.82. The summed E-state index contributed by atoms with van der Waals surface area (Å²) in [7, 11) is -3.92. The monoisotopic (exact) mass is 474 g/mol. The minimum atomic E-state index is -3.92. The van der Waals surface area contributed by atoms with Gasteiger partial charge in [-0.2, -0.15) is 14.8 Å². The van der Waals surface area contributed by atoms with Crippen molar-refractivity contribution in [1.29, 1.82) is 10.5 Å². The number of nitrogens with one attached hydrogen (secondary N) is 1. The van der Waals surface area contributed by atoms with Crippen LogP contribution in [0.2, 0.25) is 0 Å². The van der Waals surface area contributed by atoms with E-state index in [0.29, 0.717) is 0 Å². The normalized spacial score (nSPS) is 16.3. The van der Waals surface area contributed by atoms with E-state index < -0.39 is 34.0 Å². The fourth-order valence-corrected chi connectivity index (χ4v) is 5.34. The van der Waals surface area contributed by atoms with Gasteiger partial charge >= 0.3 is 0 Å². The van der Waals surface area contributed by atoms with E-state index in [9.17, 15) is 23.2 Å². The molecule has 0 aliphatic carbocycles. The summed E-state index contributed by atoms with van der Waals surface area (Å²) >= 11 is 0. The van der Waals surface area contributed by atoms with E-state index >= 15 is 0 Å². The maximum absolute atomic E-state index is 13.9. The molecule has 2 aromatic carbocycles. The van der Waals surface area contributed by atoms with Crippen LogP contribution in [0, 0.1) is 33.9 Å². The van der Waals surface area contributed by atoms with Crippen LogP contribution >= 0.6 is 0 Å². The Morgan fingerprint density at radius 1 is 1.18 bits per heavy atom. The first-order valence-corrected chi connectivity index (χ1v) is 11.5. The van der Waals surface area contributed by atoms with E-state index in [-0.39, 0.29) is 54.6 Å². The van der Waals surface area contributed by atoms with Gasteiger partial charge < -0.3 is 20.3 Å². The van der Waals surface area contributed by atoms with E-state index in [1.807, 2.05) is 6.07 Å². The highest BCUT2D eigenvalue weighted by Crippen LogP contribution is 2.36. The molecular formula is C22H23FN4O5S. The lowest BCUT2D eigenvalue weighted by Gasteiger charge is -2.49. The van der Waals surface area contributed by atoms with E-state index in [1.54, 1.807) is 18.2 Å². The molecule has 1 atom stereocenters. The molecule has 1 heterocycles. The molecule has 0 radical (unpaired) electrons. The zero-order valence-electron chi connectivity index (χ0n) is 17.6. The quantitative estimate of drug-likeness (QED) is 0.453. The molecule has 11 heteroatoms. The molecule has 1 aliphatic rings. The van der Waals surface area contributed by atoms with Gasteiger partial charge in [-0.25, -0.2) is 12.8 Å². The highest BCUT2D eigenvalue weighted by molar-refractivity contribution is 7.89. The third-order valence-electron chi connectivity index (χ3n) is 5.35. The van der Waals surface area contributed by atoms with E-state index in [1.165, 1.54) is 28.6 Å². The summed E-state index contributed by atoms with van der Waals surface area (Å²) in [5.74, 6) is -0.531. The molecule has 0 saturated carbocycles. The SMILES string of the molecule is N#Cc1ccc(OCC2(CNCC(O)CO)CN(S(=O)(=O)c3ccccc3C#N)C2)cc1F. The van der Waals surface area contributed by atoms with Crippen molar-refractivity contribution < 1.29 is 27.8 Å². The molecule has 1 aliphatic heterocycles. The van der Waals surface area contributed by atoms with Crippen molar-refractivity contribution in [2.45, 2.75) is 11.0 Å². The van der Waals surface area contributed by atoms with Crippen molar-refractivity contribution in [2.24, 2.45) is 5.41 Å².